The minimum Gasteiger partial charge on any atom is -0.368 e. The molecule has 0 aromatic rings. The maximum atomic E-state index is 11.4. The minimum atomic E-state index is -0.571. The van der Waals surface area contributed by atoms with Crippen molar-refractivity contribution in [2.24, 2.45) is 5.73 Å². The Kier molecular flexibility index (Phi) is 6.92. The highest BCUT2D eigenvalue weighted by atomic mass is 16.1. The van der Waals surface area contributed by atoms with Gasteiger partial charge in [-0.15, -0.1) is 0 Å². The Labute approximate surface area is 123 Å². The van der Waals surface area contributed by atoms with Crippen LogP contribution in [0, 0.1) is 0 Å². The molecule has 5 nitrogen and oxygen atoms in total. The molecule has 5 heteroatoms. The van der Waals surface area contributed by atoms with E-state index >= 15 is 0 Å². The molecule has 1 amide bonds. The smallest absolute Gasteiger partial charge is 0.237 e. The van der Waals surface area contributed by atoms with Crippen molar-refractivity contribution in [1.82, 2.24) is 15.1 Å². The zero-order chi connectivity index (χ0) is 15.2. The highest BCUT2D eigenvalue weighted by Crippen LogP contribution is 2.13. The second-order valence-corrected chi connectivity index (χ2v) is 6.18. The molecular weight excluding hydrogens is 252 g/mol. The lowest BCUT2D eigenvalue weighted by atomic mass is 9.95. The van der Waals surface area contributed by atoms with Crippen LogP contribution < -0.4 is 11.1 Å². The van der Waals surface area contributed by atoms with E-state index in [2.05, 4.69) is 29.0 Å². The third kappa shape index (κ3) is 4.72. The first-order valence-corrected chi connectivity index (χ1v) is 7.88. The predicted octanol–water partition coefficient (Wildman–Crippen LogP) is 0.646. The zero-order valence-corrected chi connectivity index (χ0v) is 13.6. The fourth-order valence-electron chi connectivity index (χ4n) is 2.71. The third-order valence-corrected chi connectivity index (χ3v) is 4.87. The first-order valence-electron chi connectivity index (χ1n) is 7.88. The van der Waals surface area contributed by atoms with Crippen molar-refractivity contribution in [2.45, 2.75) is 51.6 Å². The van der Waals surface area contributed by atoms with Gasteiger partial charge in [0.05, 0.1) is 5.54 Å². The van der Waals surface area contributed by atoms with Gasteiger partial charge in [-0.3, -0.25) is 9.69 Å². The first kappa shape index (κ1) is 17.4. The topological polar surface area (TPSA) is 61.6 Å². The number of nitrogens with one attached hydrogen (secondary N) is 1. The van der Waals surface area contributed by atoms with E-state index in [-0.39, 0.29) is 5.91 Å². The summed E-state index contributed by atoms with van der Waals surface area (Å²) in [5.41, 5.74) is 4.87. The summed E-state index contributed by atoms with van der Waals surface area (Å²) in [6, 6.07) is 0.694. The molecule has 0 aromatic carbocycles. The number of rotatable bonds is 8. The normalized spacial score (nSPS) is 22.4. The van der Waals surface area contributed by atoms with E-state index in [1.165, 1.54) is 6.42 Å². The predicted molar refractivity (Wildman–Crippen MR) is 83.7 cm³/mol. The Balaban J connectivity index is 2.26. The van der Waals surface area contributed by atoms with Crippen molar-refractivity contribution in [3.05, 3.63) is 0 Å². The lowest BCUT2D eigenvalue weighted by Crippen LogP contribution is -2.52. The van der Waals surface area contributed by atoms with Gasteiger partial charge in [0.15, 0.2) is 0 Å². The van der Waals surface area contributed by atoms with Crippen LogP contribution in [0.4, 0.5) is 0 Å². The summed E-state index contributed by atoms with van der Waals surface area (Å²) in [6.45, 7) is 12.1. The Morgan fingerprint density at radius 1 is 1.35 bits per heavy atom. The van der Waals surface area contributed by atoms with Crippen molar-refractivity contribution < 1.29 is 4.79 Å². The van der Waals surface area contributed by atoms with Gasteiger partial charge in [0.2, 0.25) is 5.91 Å². The van der Waals surface area contributed by atoms with Crippen LogP contribution in [0.1, 0.15) is 40.0 Å². The van der Waals surface area contributed by atoms with E-state index in [0.717, 1.165) is 45.6 Å². The lowest BCUT2D eigenvalue weighted by Gasteiger charge is -2.38. The van der Waals surface area contributed by atoms with Gasteiger partial charge in [-0.2, -0.15) is 0 Å². The number of nitrogens with zero attached hydrogens (tertiary/aromatic N) is 2. The Hall–Kier alpha value is -0.650. The Bertz CT molecular complexity index is 302. The minimum absolute atomic E-state index is 0.262. The average Bonchev–Trinajstić information content (AvgIpc) is 2.46. The maximum Gasteiger partial charge on any atom is 0.237 e. The maximum absolute atomic E-state index is 11.4. The molecule has 3 N–H and O–H groups in total. The molecular formula is C15H32N4O. The summed E-state index contributed by atoms with van der Waals surface area (Å²) in [5.74, 6) is -0.262. The van der Waals surface area contributed by atoms with Crippen molar-refractivity contribution >= 4 is 5.91 Å². The van der Waals surface area contributed by atoms with E-state index in [1.54, 1.807) is 7.05 Å². The standard InChI is InChI=1S/C15H32N4O/c1-5-13(2)19-11-9-18(10-12-19)8-6-7-15(3,17-4)14(16)20/h13,17H,5-12H2,1-4H3,(H2,16,20). The highest BCUT2D eigenvalue weighted by molar-refractivity contribution is 5.84. The summed E-state index contributed by atoms with van der Waals surface area (Å²) in [4.78, 5) is 16.5. The van der Waals surface area contributed by atoms with Crippen LogP contribution in [0.25, 0.3) is 0 Å². The number of primary amides is 1. The SMILES string of the molecule is CCC(C)N1CCN(CCCC(C)(NC)C(N)=O)CC1. The van der Waals surface area contributed by atoms with Gasteiger partial charge in [-0.25, -0.2) is 0 Å². The van der Waals surface area contributed by atoms with E-state index in [0.29, 0.717) is 6.04 Å². The van der Waals surface area contributed by atoms with Gasteiger partial charge >= 0.3 is 0 Å². The van der Waals surface area contributed by atoms with Crippen LogP contribution in [0.15, 0.2) is 0 Å². The molecule has 1 aliphatic rings. The fourth-order valence-corrected chi connectivity index (χ4v) is 2.71. The van der Waals surface area contributed by atoms with Gasteiger partial charge in [-0.1, -0.05) is 6.92 Å². The Morgan fingerprint density at radius 3 is 2.40 bits per heavy atom. The van der Waals surface area contributed by atoms with Gasteiger partial charge in [0, 0.05) is 32.2 Å². The number of hydrogen-bond donors (Lipinski definition) is 2. The molecule has 0 aliphatic carbocycles. The first-order chi connectivity index (χ1) is 9.42. The van der Waals surface area contributed by atoms with Gasteiger partial charge in [0.25, 0.3) is 0 Å². The molecule has 1 heterocycles. The van der Waals surface area contributed by atoms with E-state index in [9.17, 15) is 4.79 Å². The van der Waals surface area contributed by atoms with Gasteiger partial charge in [0.1, 0.15) is 0 Å². The summed E-state index contributed by atoms with van der Waals surface area (Å²) >= 11 is 0. The molecule has 0 spiro atoms. The average molecular weight is 284 g/mol. The molecule has 2 unspecified atom stereocenters. The highest BCUT2D eigenvalue weighted by Gasteiger charge is 2.28. The Morgan fingerprint density at radius 2 is 1.95 bits per heavy atom. The second kappa shape index (κ2) is 7.96. The van der Waals surface area contributed by atoms with Crippen LogP contribution in [-0.4, -0.2) is 67.1 Å². The molecule has 0 aromatic heterocycles. The molecule has 1 saturated heterocycles. The van der Waals surface area contributed by atoms with Crippen molar-refractivity contribution in [2.75, 3.05) is 39.8 Å². The largest absolute Gasteiger partial charge is 0.368 e. The molecule has 1 rings (SSSR count). The summed E-state index contributed by atoms with van der Waals surface area (Å²) in [6.07, 6.45) is 3.02. The number of piperazine rings is 1. The summed E-state index contributed by atoms with van der Waals surface area (Å²) in [5, 5.41) is 3.04. The van der Waals surface area contributed by atoms with Crippen LogP contribution in [0.5, 0.6) is 0 Å². The van der Waals surface area contributed by atoms with Crippen LogP contribution in [0.3, 0.4) is 0 Å². The van der Waals surface area contributed by atoms with Gasteiger partial charge in [-0.05, 0) is 46.7 Å². The molecule has 2 atom stereocenters. The fraction of sp³-hybridized carbons (Fsp3) is 0.933. The molecule has 20 heavy (non-hydrogen) atoms. The van der Waals surface area contributed by atoms with E-state index < -0.39 is 5.54 Å². The summed E-state index contributed by atoms with van der Waals surface area (Å²) < 4.78 is 0. The zero-order valence-electron chi connectivity index (χ0n) is 13.6. The molecule has 1 fully saturated rings. The van der Waals surface area contributed by atoms with E-state index in [1.807, 2.05) is 6.92 Å². The molecule has 118 valence electrons. The van der Waals surface area contributed by atoms with Crippen LogP contribution in [-0.2, 0) is 4.79 Å². The number of hydrogen-bond acceptors (Lipinski definition) is 4. The van der Waals surface area contributed by atoms with Crippen molar-refractivity contribution in [3.63, 3.8) is 0 Å². The molecule has 1 aliphatic heterocycles. The molecule has 0 bridgehead atoms. The quantitative estimate of drug-likeness (QED) is 0.687. The lowest BCUT2D eigenvalue weighted by molar-refractivity contribution is -0.123. The van der Waals surface area contributed by atoms with Crippen LogP contribution >= 0.6 is 0 Å². The van der Waals surface area contributed by atoms with E-state index in [4.69, 9.17) is 5.73 Å². The summed E-state index contributed by atoms with van der Waals surface area (Å²) in [7, 11) is 1.80. The number of amides is 1. The van der Waals surface area contributed by atoms with Crippen molar-refractivity contribution in [3.8, 4) is 0 Å². The number of likely N-dealkylation sites (N-methyl/N-ethyl adjacent to an activating group) is 1. The molecule has 0 saturated carbocycles. The van der Waals surface area contributed by atoms with Crippen molar-refractivity contribution in [1.29, 1.82) is 0 Å². The number of nitrogens with two attached hydrogens (primary N) is 1. The number of carbonyl (C=O) groups is 1. The molecule has 0 radical (unpaired) electrons. The third-order valence-electron chi connectivity index (χ3n) is 4.87. The number of carbonyl (C=O) groups excluding carboxylic acids is 1. The van der Waals surface area contributed by atoms with Gasteiger partial charge < -0.3 is 16.0 Å². The monoisotopic (exact) mass is 284 g/mol. The van der Waals surface area contributed by atoms with Crippen LogP contribution in [0.2, 0.25) is 0 Å². The second-order valence-electron chi connectivity index (χ2n) is 6.18.